The quantitative estimate of drug-likeness (QED) is 0.324. The first-order valence-corrected chi connectivity index (χ1v) is 10.7. The second kappa shape index (κ2) is 9.41. The lowest BCUT2D eigenvalue weighted by Crippen LogP contribution is -2.52. The molecule has 1 aromatic carbocycles. The van der Waals surface area contributed by atoms with Crippen molar-refractivity contribution in [3.8, 4) is 0 Å². The lowest BCUT2D eigenvalue weighted by molar-refractivity contribution is -0.904. The van der Waals surface area contributed by atoms with Crippen molar-refractivity contribution >= 4 is 11.7 Å². The van der Waals surface area contributed by atoms with Crippen molar-refractivity contribution in [2.45, 2.75) is 37.8 Å². The van der Waals surface area contributed by atoms with Gasteiger partial charge in [-0.2, -0.15) is 0 Å². The highest BCUT2D eigenvalue weighted by molar-refractivity contribution is 5.93. The highest BCUT2D eigenvalue weighted by Crippen LogP contribution is 2.40. The first kappa shape index (κ1) is 23.7. The largest absolute Gasteiger partial charge is 0.331 e. The number of anilines is 1. The molecule has 3 aromatic rings. The Labute approximate surface area is 193 Å². The molecule has 3 heterocycles. The second-order valence-corrected chi connectivity index (χ2v) is 8.38. The Morgan fingerprint density at radius 3 is 2.76 bits per heavy atom. The number of carbonyl (C=O) groups excluding carboxylic acids is 1. The molecular formula is C23H24F4N5O2+. The highest BCUT2D eigenvalue weighted by atomic mass is 19.3. The standard InChI is InChI=1S/C23H23F4N5O2/c1-15(31-10-7-23(26,27)18(12-31)16-5-8-32(34)9-6-16)22(33)29-20-13-30(14-28-20)11-17-3-2-4-19(24)21(17)25/h2-6,8-9,13-15,18H,7,10-12H2,1H3,(H-,29,33,34)/p+1/t15-,18+/m0/s1. The summed E-state index contributed by atoms with van der Waals surface area (Å²) < 4.78 is 58.8. The molecule has 0 aliphatic carbocycles. The predicted octanol–water partition coefficient (Wildman–Crippen LogP) is 3.19. The molecule has 1 saturated heterocycles. The molecule has 0 spiro atoms. The van der Waals surface area contributed by atoms with E-state index in [4.69, 9.17) is 0 Å². The van der Waals surface area contributed by atoms with Gasteiger partial charge in [0.2, 0.25) is 18.3 Å². The van der Waals surface area contributed by atoms with Crippen LogP contribution >= 0.6 is 0 Å². The zero-order valence-electron chi connectivity index (χ0n) is 18.3. The summed E-state index contributed by atoms with van der Waals surface area (Å²) >= 11 is 0. The number of carbonyl (C=O) groups is 1. The summed E-state index contributed by atoms with van der Waals surface area (Å²) in [5.41, 5.74) is 0.507. The third-order valence-electron chi connectivity index (χ3n) is 6.10. The fraction of sp³-hybridized carbons (Fsp3) is 0.348. The smallest absolute Gasteiger partial charge is 0.257 e. The van der Waals surface area contributed by atoms with Crippen LogP contribution in [0.25, 0.3) is 0 Å². The summed E-state index contributed by atoms with van der Waals surface area (Å²) in [6, 6.07) is 6.04. The van der Waals surface area contributed by atoms with Crippen LogP contribution in [-0.2, 0) is 11.3 Å². The van der Waals surface area contributed by atoms with Gasteiger partial charge in [-0.05, 0) is 18.6 Å². The van der Waals surface area contributed by atoms with Gasteiger partial charge >= 0.3 is 0 Å². The maximum Gasteiger partial charge on any atom is 0.257 e. The summed E-state index contributed by atoms with van der Waals surface area (Å²) in [6.45, 7) is 1.65. The van der Waals surface area contributed by atoms with E-state index in [1.54, 1.807) is 11.8 Å². The molecule has 34 heavy (non-hydrogen) atoms. The Kier molecular flexibility index (Phi) is 6.56. The van der Waals surface area contributed by atoms with Gasteiger partial charge in [0, 0.05) is 48.1 Å². The number of benzene rings is 1. The van der Waals surface area contributed by atoms with Gasteiger partial charge in [-0.25, -0.2) is 22.5 Å². The average Bonchev–Trinajstić information content (AvgIpc) is 3.24. The van der Waals surface area contributed by atoms with E-state index in [9.17, 15) is 27.6 Å². The number of nitrogens with zero attached hydrogens (tertiary/aromatic N) is 4. The summed E-state index contributed by atoms with van der Waals surface area (Å²) in [4.78, 5) is 18.5. The number of piperidine rings is 1. The minimum Gasteiger partial charge on any atom is -0.331 e. The molecule has 0 radical (unpaired) electrons. The number of hydrogen-bond acceptors (Lipinski definition) is 4. The molecule has 2 atom stereocenters. The number of alkyl halides is 2. The monoisotopic (exact) mass is 478 g/mol. The molecular weight excluding hydrogens is 454 g/mol. The predicted molar refractivity (Wildman–Crippen MR) is 113 cm³/mol. The molecule has 11 heteroatoms. The molecule has 0 unspecified atom stereocenters. The molecule has 4 rings (SSSR count). The van der Waals surface area contributed by atoms with Gasteiger partial charge in [-0.15, -0.1) is 0 Å². The van der Waals surface area contributed by atoms with Crippen LogP contribution in [0.2, 0.25) is 0 Å². The van der Waals surface area contributed by atoms with Crippen LogP contribution in [-0.4, -0.2) is 50.6 Å². The van der Waals surface area contributed by atoms with Crippen molar-refractivity contribution < 1.29 is 32.3 Å². The number of pyridine rings is 1. The van der Waals surface area contributed by atoms with Gasteiger partial charge in [-0.3, -0.25) is 14.9 Å². The molecule has 1 aliphatic rings. The lowest BCUT2D eigenvalue weighted by Gasteiger charge is -2.40. The normalized spacial score (nSPS) is 19.0. The van der Waals surface area contributed by atoms with Gasteiger partial charge in [0.15, 0.2) is 17.5 Å². The van der Waals surface area contributed by atoms with Gasteiger partial charge in [-0.1, -0.05) is 12.1 Å². The molecule has 0 bridgehead atoms. The number of rotatable bonds is 6. The average molecular weight is 478 g/mol. The Morgan fingerprint density at radius 2 is 2.03 bits per heavy atom. The Balaban J connectivity index is 1.40. The molecule has 7 nitrogen and oxygen atoms in total. The van der Waals surface area contributed by atoms with Crippen LogP contribution in [0, 0.1) is 11.6 Å². The molecule has 1 amide bonds. The molecule has 2 N–H and O–H groups in total. The van der Waals surface area contributed by atoms with Gasteiger partial charge in [0.1, 0.15) is 0 Å². The van der Waals surface area contributed by atoms with Crippen LogP contribution in [0.3, 0.4) is 0 Å². The van der Waals surface area contributed by atoms with E-state index in [-0.39, 0.29) is 31.0 Å². The third-order valence-corrected chi connectivity index (χ3v) is 6.10. The Morgan fingerprint density at radius 1 is 1.29 bits per heavy atom. The van der Waals surface area contributed by atoms with Gasteiger partial charge < -0.3 is 9.88 Å². The number of halogens is 4. The van der Waals surface area contributed by atoms with E-state index in [0.717, 1.165) is 10.8 Å². The minimum absolute atomic E-state index is 0.0236. The van der Waals surface area contributed by atoms with Crippen molar-refractivity contribution in [1.29, 1.82) is 0 Å². The van der Waals surface area contributed by atoms with E-state index < -0.39 is 41.8 Å². The van der Waals surface area contributed by atoms with Crippen LogP contribution in [0.1, 0.15) is 30.4 Å². The van der Waals surface area contributed by atoms with Crippen LogP contribution in [0.5, 0.6) is 0 Å². The first-order chi connectivity index (χ1) is 16.1. The van der Waals surface area contributed by atoms with Crippen molar-refractivity contribution in [3.63, 3.8) is 0 Å². The molecule has 2 aromatic heterocycles. The van der Waals surface area contributed by atoms with Crippen LogP contribution in [0.15, 0.2) is 55.2 Å². The number of imidazole rings is 1. The second-order valence-electron chi connectivity index (χ2n) is 8.38. The highest BCUT2D eigenvalue weighted by Gasteiger charge is 2.46. The summed E-state index contributed by atoms with van der Waals surface area (Å²) in [7, 11) is 0. The van der Waals surface area contributed by atoms with E-state index in [0.29, 0.717) is 5.56 Å². The summed E-state index contributed by atoms with van der Waals surface area (Å²) in [6.07, 6.45) is 5.03. The molecule has 180 valence electrons. The van der Waals surface area contributed by atoms with Crippen molar-refractivity contribution in [1.82, 2.24) is 14.5 Å². The molecule has 1 aliphatic heterocycles. The summed E-state index contributed by atoms with van der Waals surface area (Å²) in [5.74, 6) is -6.18. The molecule has 1 fully saturated rings. The fourth-order valence-corrected chi connectivity index (χ4v) is 4.06. The third kappa shape index (κ3) is 5.04. The van der Waals surface area contributed by atoms with Gasteiger partial charge in [0.25, 0.3) is 5.92 Å². The summed E-state index contributed by atoms with van der Waals surface area (Å²) in [5, 5.41) is 12.0. The number of likely N-dealkylation sites (tertiary alicyclic amines) is 1. The van der Waals surface area contributed by atoms with Crippen molar-refractivity contribution in [2.75, 3.05) is 18.4 Å². The van der Waals surface area contributed by atoms with E-state index in [1.807, 2.05) is 0 Å². The zero-order valence-corrected chi connectivity index (χ0v) is 18.3. The first-order valence-electron chi connectivity index (χ1n) is 10.7. The Bertz CT molecular complexity index is 1170. The van der Waals surface area contributed by atoms with Gasteiger partial charge in [0.05, 0.1) is 24.8 Å². The number of aromatic nitrogens is 3. The number of amides is 1. The van der Waals surface area contributed by atoms with Crippen molar-refractivity contribution in [3.05, 3.63) is 78.0 Å². The van der Waals surface area contributed by atoms with Crippen molar-refractivity contribution in [2.24, 2.45) is 0 Å². The SMILES string of the molecule is C[C@@H](C(=O)Nc1cn(Cc2cccc(F)c2F)cn1)N1CCC(F)(F)[C@@H](c2cc[n+](O)cc2)C1. The zero-order chi connectivity index (χ0) is 24.5. The Hall–Kier alpha value is -3.47. The van der Waals surface area contributed by atoms with Crippen LogP contribution in [0.4, 0.5) is 23.4 Å². The molecule has 0 saturated carbocycles. The minimum atomic E-state index is -2.95. The van der Waals surface area contributed by atoms with E-state index in [1.165, 1.54) is 53.8 Å². The topological polar surface area (TPSA) is 74.3 Å². The van der Waals surface area contributed by atoms with Crippen LogP contribution < -0.4 is 10.0 Å². The maximum atomic E-state index is 14.6. The van der Waals surface area contributed by atoms with E-state index in [2.05, 4.69) is 10.3 Å². The van der Waals surface area contributed by atoms with E-state index >= 15 is 0 Å². The number of hydrogen-bond donors (Lipinski definition) is 2. The number of nitrogens with one attached hydrogen (secondary N) is 1. The fourth-order valence-electron chi connectivity index (χ4n) is 4.06. The maximum absolute atomic E-state index is 14.6. The lowest BCUT2D eigenvalue weighted by atomic mass is 9.87.